The molecule has 0 amide bonds. The van der Waals surface area contributed by atoms with Gasteiger partial charge in [-0.25, -0.2) is 13.8 Å². The first-order valence-corrected chi connectivity index (χ1v) is 9.77. The summed E-state index contributed by atoms with van der Waals surface area (Å²) in [6, 6.07) is 5.90. The maximum atomic E-state index is 13.7. The number of Topliss-reactive ketones (excluding diaryl/α,β-unsaturated/α-hetero) is 1. The van der Waals surface area contributed by atoms with Gasteiger partial charge in [-0.2, -0.15) is 9.37 Å². The second-order valence-electron chi connectivity index (χ2n) is 6.75. The van der Waals surface area contributed by atoms with E-state index in [4.69, 9.17) is 4.52 Å². The molecule has 0 aliphatic heterocycles. The zero-order chi connectivity index (χ0) is 22.1. The highest BCUT2D eigenvalue weighted by atomic mass is 19.1. The summed E-state index contributed by atoms with van der Waals surface area (Å²) in [5, 5.41) is 3.81. The zero-order valence-electron chi connectivity index (χ0n) is 17.2. The van der Waals surface area contributed by atoms with Crippen LogP contribution in [0.4, 0.5) is 13.2 Å². The Balaban J connectivity index is 0.000000269. The normalized spacial score (nSPS) is 11.5. The van der Waals surface area contributed by atoms with Gasteiger partial charge in [0.1, 0.15) is 11.6 Å². The van der Waals surface area contributed by atoms with Crippen molar-refractivity contribution in [2.45, 2.75) is 52.4 Å². The van der Waals surface area contributed by atoms with E-state index < -0.39 is 17.6 Å². The molecule has 0 N–H and O–H groups in total. The fourth-order valence-electron chi connectivity index (χ4n) is 2.72. The van der Waals surface area contributed by atoms with Gasteiger partial charge in [-0.1, -0.05) is 31.8 Å². The molecule has 0 unspecified atom stereocenters. The number of rotatable bonds is 7. The number of halogens is 3. The number of hydrogen-bond donors (Lipinski definition) is 0. The van der Waals surface area contributed by atoms with E-state index in [1.807, 2.05) is 0 Å². The van der Waals surface area contributed by atoms with E-state index in [9.17, 15) is 18.0 Å². The van der Waals surface area contributed by atoms with E-state index in [1.54, 1.807) is 0 Å². The van der Waals surface area contributed by atoms with Crippen molar-refractivity contribution >= 4 is 5.78 Å². The summed E-state index contributed by atoms with van der Waals surface area (Å²) in [7, 11) is 0. The zero-order valence-corrected chi connectivity index (χ0v) is 17.2. The first-order valence-electron chi connectivity index (χ1n) is 9.77. The number of carbonyl (C=O) groups is 1. The molecule has 0 fully saturated rings. The minimum Gasteiger partial charge on any atom is -0.339 e. The van der Waals surface area contributed by atoms with Gasteiger partial charge in [0.05, 0.1) is 5.56 Å². The van der Waals surface area contributed by atoms with Gasteiger partial charge < -0.3 is 4.52 Å². The number of aromatic nitrogens is 3. The third kappa shape index (κ3) is 6.50. The molecule has 3 aromatic rings. The number of benzene rings is 1. The summed E-state index contributed by atoms with van der Waals surface area (Å²) < 4.78 is 43.9. The fraction of sp³-hybridized carbons (Fsp3) is 0.364. The molecule has 0 spiro atoms. The van der Waals surface area contributed by atoms with Crippen molar-refractivity contribution in [3.05, 3.63) is 65.6 Å². The molecule has 160 valence electrons. The predicted octanol–water partition coefficient (Wildman–Crippen LogP) is 6.12. The van der Waals surface area contributed by atoms with Gasteiger partial charge in [0.2, 0.25) is 17.7 Å². The Morgan fingerprint density at radius 1 is 1.13 bits per heavy atom. The van der Waals surface area contributed by atoms with Gasteiger partial charge in [0, 0.05) is 23.7 Å². The van der Waals surface area contributed by atoms with Gasteiger partial charge in [0.15, 0.2) is 5.78 Å². The van der Waals surface area contributed by atoms with Crippen molar-refractivity contribution in [3.8, 4) is 11.4 Å². The third-order valence-corrected chi connectivity index (χ3v) is 4.50. The van der Waals surface area contributed by atoms with Crippen LogP contribution in [0.5, 0.6) is 0 Å². The van der Waals surface area contributed by atoms with Crippen molar-refractivity contribution < 1.29 is 22.5 Å². The molecule has 3 rings (SSSR count). The van der Waals surface area contributed by atoms with Crippen molar-refractivity contribution in [2.75, 3.05) is 0 Å². The molecule has 0 aliphatic carbocycles. The molecule has 8 heteroatoms. The molecular weight excluding hydrogens is 395 g/mol. The third-order valence-electron chi connectivity index (χ3n) is 4.50. The number of pyridine rings is 1. The summed E-state index contributed by atoms with van der Waals surface area (Å²) in [5.41, 5.74) is 0.591. The molecule has 5 nitrogen and oxygen atoms in total. The van der Waals surface area contributed by atoms with Crippen LogP contribution in [0.1, 0.15) is 68.6 Å². The van der Waals surface area contributed by atoms with E-state index in [1.165, 1.54) is 31.3 Å². The van der Waals surface area contributed by atoms with Crippen molar-refractivity contribution in [3.63, 3.8) is 0 Å². The number of ketones is 1. The lowest BCUT2D eigenvalue weighted by Gasteiger charge is -2.08. The highest BCUT2D eigenvalue weighted by molar-refractivity contribution is 5.93. The van der Waals surface area contributed by atoms with Crippen molar-refractivity contribution in [2.24, 2.45) is 0 Å². The predicted molar refractivity (Wildman–Crippen MR) is 106 cm³/mol. The molecule has 0 saturated carbocycles. The first kappa shape index (κ1) is 23.3. The molecular formula is C22H24F3N3O2. The van der Waals surface area contributed by atoms with Crippen LogP contribution in [-0.4, -0.2) is 20.9 Å². The lowest BCUT2D eigenvalue weighted by atomic mass is 9.99. The fourth-order valence-corrected chi connectivity index (χ4v) is 2.72. The van der Waals surface area contributed by atoms with E-state index in [-0.39, 0.29) is 23.1 Å². The number of carbonyl (C=O) groups excluding carboxylic acids is 1. The minimum absolute atomic E-state index is 0.104. The summed E-state index contributed by atoms with van der Waals surface area (Å²) in [5.74, 6) is -1.08. The van der Waals surface area contributed by atoms with Crippen LogP contribution in [0, 0.1) is 17.6 Å². The van der Waals surface area contributed by atoms with E-state index in [0.29, 0.717) is 11.5 Å². The topological polar surface area (TPSA) is 68.9 Å². The first-order chi connectivity index (χ1) is 14.3. The lowest BCUT2D eigenvalue weighted by Crippen LogP contribution is -1.98. The molecule has 2 heterocycles. The van der Waals surface area contributed by atoms with Crippen LogP contribution in [-0.2, 0) is 0 Å². The Labute approximate surface area is 173 Å². The molecule has 1 atom stereocenters. The Morgan fingerprint density at radius 3 is 2.47 bits per heavy atom. The van der Waals surface area contributed by atoms with E-state index in [0.717, 1.165) is 37.8 Å². The van der Waals surface area contributed by atoms with Crippen LogP contribution in [0.15, 0.2) is 41.1 Å². The minimum atomic E-state index is -0.682. The van der Waals surface area contributed by atoms with E-state index >= 15 is 0 Å². The molecule has 0 saturated heterocycles. The maximum Gasteiger partial charge on any atom is 0.230 e. The molecule has 0 radical (unpaired) electrons. The van der Waals surface area contributed by atoms with Gasteiger partial charge in [0.25, 0.3) is 0 Å². The number of unbranched alkanes of at least 4 members (excludes halogenated alkanes) is 1. The van der Waals surface area contributed by atoms with Crippen LogP contribution >= 0.6 is 0 Å². The monoisotopic (exact) mass is 419 g/mol. The second-order valence-corrected chi connectivity index (χ2v) is 6.75. The number of nitrogens with zero attached hydrogens (tertiary/aromatic N) is 3. The summed E-state index contributed by atoms with van der Waals surface area (Å²) >= 11 is 0. The summed E-state index contributed by atoms with van der Waals surface area (Å²) in [6.45, 7) is 5.59. The molecule has 0 bridgehead atoms. The van der Waals surface area contributed by atoms with Gasteiger partial charge in [-0.3, -0.25) is 4.79 Å². The molecule has 1 aromatic carbocycles. The van der Waals surface area contributed by atoms with Crippen LogP contribution in [0.3, 0.4) is 0 Å². The van der Waals surface area contributed by atoms with E-state index in [2.05, 4.69) is 29.0 Å². The standard InChI is InChI=1S/C15H18F2N2O.C7H6FNO/c1-3-5-6-10(4-2)15-18-14(19-20-15)12-8-7-11(16)9-13(12)17;1-5(10)6-2-3-7(8)9-4-6/h7-10H,3-6H2,1-2H3;2-4H,1H3/t10-;/m1./s1. The van der Waals surface area contributed by atoms with Crippen LogP contribution in [0.25, 0.3) is 11.4 Å². The SMILES string of the molecule is CC(=O)c1ccc(F)nc1.CCCC[C@@H](CC)c1nc(-c2ccc(F)cc2F)no1. The summed E-state index contributed by atoms with van der Waals surface area (Å²) in [6.07, 6.45) is 5.27. The Hall–Kier alpha value is -3.03. The Kier molecular flexibility index (Phi) is 8.70. The molecule has 30 heavy (non-hydrogen) atoms. The Morgan fingerprint density at radius 2 is 1.90 bits per heavy atom. The van der Waals surface area contributed by atoms with Crippen molar-refractivity contribution in [1.82, 2.24) is 15.1 Å². The maximum absolute atomic E-state index is 13.7. The highest BCUT2D eigenvalue weighted by Gasteiger charge is 2.19. The number of hydrogen-bond acceptors (Lipinski definition) is 5. The van der Waals surface area contributed by atoms with Crippen LogP contribution < -0.4 is 0 Å². The second kappa shape index (κ2) is 11.2. The highest BCUT2D eigenvalue weighted by Crippen LogP contribution is 2.27. The van der Waals surface area contributed by atoms with Gasteiger partial charge >= 0.3 is 0 Å². The Bertz CT molecular complexity index is 959. The van der Waals surface area contributed by atoms with Crippen LogP contribution in [0.2, 0.25) is 0 Å². The average molecular weight is 419 g/mol. The largest absolute Gasteiger partial charge is 0.339 e. The quantitative estimate of drug-likeness (QED) is 0.341. The summed E-state index contributed by atoms with van der Waals surface area (Å²) in [4.78, 5) is 18.2. The molecule has 2 aromatic heterocycles. The van der Waals surface area contributed by atoms with Crippen molar-refractivity contribution in [1.29, 1.82) is 0 Å². The van der Waals surface area contributed by atoms with Gasteiger partial charge in [-0.15, -0.1) is 0 Å². The average Bonchev–Trinajstić information content (AvgIpc) is 3.19. The smallest absolute Gasteiger partial charge is 0.230 e. The van der Waals surface area contributed by atoms with Gasteiger partial charge in [-0.05, 0) is 44.0 Å². The molecule has 0 aliphatic rings. The lowest BCUT2D eigenvalue weighted by molar-refractivity contribution is 0.101.